The van der Waals surface area contributed by atoms with Crippen molar-refractivity contribution in [2.75, 3.05) is 6.54 Å². The molecule has 0 aliphatic heterocycles. The van der Waals surface area contributed by atoms with Gasteiger partial charge in [0.15, 0.2) is 0 Å². The van der Waals surface area contributed by atoms with Crippen LogP contribution in [0, 0.1) is 0 Å². The van der Waals surface area contributed by atoms with Gasteiger partial charge in [0.2, 0.25) is 0 Å². The van der Waals surface area contributed by atoms with Crippen LogP contribution in [0.15, 0.2) is 24.3 Å². The van der Waals surface area contributed by atoms with Gasteiger partial charge >= 0.3 is 0 Å². The van der Waals surface area contributed by atoms with Gasteiger partial charge in [0, 0.05) is 18.2 Å². The molecule has 3 nitrogen and oxygen atoms in total. The third-order valence-corrected chi connectivity index (χ3v) is 2.23. The zero-order valence-electron chi connectivity index (χ0n) is 9.69. The van der Waals surface area contributed by atoms with Crippen LogP contribution < -0.4 is 11.1 Å². The number of amides is 1. The number of carbonyl (C=O) groups excluding carboxylic acids is 1. The Morgan fingerprint density at radius 2 is 1.94 bits per heavy atom. The van der Waals surface area contributed by atoms with Crippen molar-refractivity contribution < 1.29 is 4.79 Å². The number of nitrogens with two attached hydrogens (primary N) is 1. The van der Waals surface area contributed by atoms with Crippen LogP contribution in [0.4, 0.5) is 0 Å². The average molecular weight is 243 g/mol. The highest BCUT2D eigenvalue weighted by molar-refractivity contribution is 5.94. The Balaban J connectivity index is 0.00000225. The first-order valence-corrected chi connectivity index (χ1v) is 5.29. The highest BCUT2D eigenvalue weighted by Gasteiger charge is 2.05. The van der Waals surface area contributed by atoms with Crippen molar-refractivity contribution in [3.8, 4) is 0 Å². The van der Waals surface area contributed by atoms with E-state index in [0.717, 1.165) is 12.0 Å². The summed E-state index contributed by atoms with van der Waals surface area (Å²) in [4.78, 5) is 11.5. The first-order chi connectivity index (χ1) is 7.15. The number of hydrogen-bond acceptors (Lipinski definition) is 2. The van der Waals surface area contributed by atoms with E-state index < -0.39 is 0 Å². The lowest BCUT2D eigenvalue weighted by atomic mass is 10.1. The van der Waals surface area contributed by atoms with Gasteiger partial charge in [-0.3, -0.25) is 4.79 Å². The van der Waals surface area contributed by atoms with Crippen LogP contribution in [0.1, 0.15) is 42.2 Å². The van der Waals surface area contributed by atoms with Crippen LogP contribution in [0.2, 0.25) is 0 Å². The first kappa shape index (κ1) is 14.9. The zero-order valence-corrected chi connectivity index (χ0v) is 10.5. The van der Waals surface area contributed by atoms with E-state index in [1.54, 1.807) is 0 Å². The van der Waals surface area contributed by atoms with E-state index in [-0.39, 0.29) is 24.4 Å². The van der Waals surface area contributed by atoms with Crippen LogP contribution in [0.3, 0.4) is 0 Å². The van der Waals surface area contributed by atoms with E-state index in [1.807, 2.05) is 38.1 Å². The van der Waals surface area contributed by atoms with Crippen LogP contribution in [-0.4, -0.2) is 12.5 Å². The van der Waals surface area contributed by atoms with Crippen molar-refractivity contribution in [3.63, 3.8) is 0 Å². The molecular formula is C12H19ClN2O. The van der Waals surface area contributed by atoms with E-state index in [9.17, 15) is 4.79 Å². The summed E-state index contributed by atoms with van der Waals surface area (Å²) in [5, 5.41) is 2.83. The lowest BCUT2D eigenvalue weighted by Gasteiger charge is -2.07. The number of carbonyl (C=O) groups is 1. The fourth-order valence-electron chi connectivity index (χ4n) is 1.28. The highest BCUT2D eigenvalue weighted by Crippen LogP contribution is 2.10. The summed E-state index contributed by atoms with van der Waals surface area (Å²) < 4.78 is 0. The molecule has 3 N–H and O–H groups in total. The largest absolute Gasteiger partial charge is 0.352 e. The van der Waals surface area contributed by atoms with E-state index in [2.05, 4.69) is 5.32 Å². The maximum absolute atomic E-state index is 11.5. The van der Waals surface area contributed by atoms with Gasteiger partial charge < -0.3 is 11.1 Å². The molecule has 1 amide bonds. The predicted molar refractivity (Wildman–Crippen MR) is 68.9 cm³/mol. The number of rotatable bonds is 4. The van der Waals surface area contributed by atoms with Gasteiger partial charge in [-0.05, 0) is 31.0 Å². The summed E-state index contributed by atoms with van der Waals surface area (Å²) in [5.41, 5.74) is 7.45. The normalized spacial score (nSPS) is 11.4. The maximum Gasteiger partial charge on any atom is 0.251 e. The second kappa shape index (κ2) is 7.25. The third kappa shape index (κ3) is 4.21. The van der Waals surface area contributed by atoms with Crippen molar-refractivity contribution in [2.45, 2.75) is 26.3 Å². The second-order valence-electron chi connectivity index (χ2n) is 3.67. The Labute approximate surface area is 103 Å². The molecule has 16 heavy (non-hydrogen) atoms. The van der Waals surface area contributed by atoms with Gasteiger partial charge in [-0.25, -0.2) is 0 Å². The molecule has 1 unspecified atom stereocenters. The molecule has 0 fully saturated rings. The summed E-state index contributed by atoms with van der Waals surface area (Å²) in [5.74, 6) is -0.0203. The second-order valence-corrected chi connectivity index (χ2v) is 3.67. The van der Waals surface area contributed by atoms with Gasteiger partial charge in [0.05, 0.1) is 0 Å². The topological polar surface area (TPSA) is 55.1 Å². The Morgan fingerprint density at radius 3 is 2.38 bits per heavy atom. The smallest absolute Gasteiger partial charge is 0.251 e. The fraction of sp³-hybridized carbons (Fsp3) is 0.417. The Bertz CT molecular complexity index is 322. The third-order valence-electron chi connectivity index (χ3n) is 2.23. The van der Waals surface area contributed by atoms with Crippen molar-refractivity contribution >= 4 is 18.3 Å². The maximum atomic E-state index is 11.5. The van der Waals surface area contributed by atoms with E-state index >= 15 is 0 Å². The monoisotopic (exact) mass is 242 g/mol. The minimum atomic E-state index is -0.0203. The first-order valence-electron chi connectivity index (χ1n) is 5.29. The number of hydrogen-bond donors (Lipinski definition) is 2. The van der Waals surface area contributed by atoms with Gasteiger partial charge in [-0.1, -0.05) is 19.1 Å². The van der Waals surface area contributed by atoms with Crippen molar-refractivity contribution in [1.82, 2.24) is 5.32 Å². The van der Waals surface area contributed by atoms with E-state index in [4.69, 9.17) is 5.73 Å². The summed E-state index contributed by atoms with van der Waals surface area (Å²) in [7, 11) is 0. The van der Waals surface area contributed by atoms with Crippen LogP contribution in [0.5, 0.6) is 0 Å². The van der Waals surface area contributed by atoms with Gasteiger partial charge in [0.25, 0.3) is 5.91 Å². The molecule has 0 bridgehead atoms. The molecule has 0 heterocycles. The molecule has 0 aliphatic carbocycles. The molecule has 1 aromatic rings. The Hall–Kier alpha value is -1.06. The van der Waals surface area contributed by atoms with Crippen molar-refractivity contribution in [3.05, 3.63) is 35.4 Å². The number of halogens is 1. The van der Waals surface area contributed by atoms with Crippen molar-refractivity contribution in [1.29, 1.82) is 0 Å². The number of nitrogens with one attached hydrogen (secondary N) is 1. The molecule has 0 spiro atoms. The molecule has 1 aromatic carbocycles. The molecule has 90 valence electrons. The quantitative estimate of drug-likeness (QED) is 0.851. The molecule has 4 heteroatoms. The molecule has 0 aliphatic rings. The minimum Gasteiger partial charge on any atom is -0.352 e. The molecule has 0 aromatic heterocycles. The van der Waals surface area contributed by atoms with Crippen molar-refractivity contribution in [2.24, 2.45) is 5.73 Å². The minimum absolute atomic E-state index is 0. The molecule has 0 saturated carbocycles. The molecule has 0 radical (unpaired) electrons. The molecule has 1 atom stereocenters. The Morgan fingerprint density at radius 1 is 1.38 bits per heavy atom. The lowest BCUT2D eigenvalue weighted by Crippen LogP contribution is -2.23. The van der Waals surface area contributed by atoms with Crippen LogP contribution in [0.25, 0.3) is 0 Å². The SMILES string of the molecule is CCCNC(=O)c1ccc(C(C)N)cc1.Cl. The average Bonchev–Trinajstić information content (AvgIpc) is 2.26. The van der Waals surface area contributed by atoms with Gasteiger partial charge in [-0.2, -0.15) is 0 Å². The fourth-order valence-corrected chi connectivity index (χ4v) is 1.28. The van der Waals surface area contributed by atoms with Gasteiger partial charge in [-0.15, -0.1) is 12.4 Å². The lowest BCUT2D eigenvalue weighted by molar-refractivity contribution is 0.0953. The Kier molecular flexibility index (Phi) is 6.77. The molecular weight excluding hydrogens is 224 g/mol. The summed E-state index contributed by atoms with van der Waals surface area (Å²) in [6, 6.07) is 7.42. The summed E-state index contributed by atoms with van der Waals surface area (Å²) in [6.07, 6.45) is 0.948. The molecule has 0 saturated heterocycles. The van der Waals surface area contributed by atoms with Gasteiger partial charge in [0.1, 0.15) is 0 Å². The summed E-state index contributed by atoms with van der Waals surface area (Å²) >= 11 is 0. The summed E-state index contributed by atoms with van der Waals surface area (Å²) in [6.45, 7) is 4.67. The standard InChI is InChI=1S/C12H18N2O.ClH/c1-3-8-14-12(15)11-6-4-10(5-7-11)9(2)13;/h4-7,9H,3,8,13H2,1-2H3,(H,14,15);1H. The number of benzene rings is 1. The molecule has 1 rings (SSSR count). The van der Waals surface area contributed by atoms with Crippen LogP contribution >= 0.6 is 12.4 Å². The predicted octanol–water partition coefficient (Wildman–Crippen LogP) is 2.27. The van der Waals surface area contributed by atoms with E-state index in [0.29, 0.717) is 12.1 Å². The zero-order chi connectivity index (χ0) is 11.3. The van der Waals surface area contributed by atoms with Crippen LogP contribution in [-0.2, 0) is 0 Å². The van der Waals surface area contributed by atoms with E-state index in [1.165, 1.54) is 0 Å². The highest BCUT2D eigenvalue weighted by atomic mass is 35.5.